The molecule has 0 bridgehead atoms. The van der Waals surface area contributed by atoms with Gasteiger partial charge in [-0.05, 0) is 59.4 Å². The van der Waals surface area contributed by atoms with Crippen LogP contribution in [0.25, 0.3) is 22.3 Å². The van der Waals surface area contributed by atoms with Crippen LogP contribution in [0.4, 0.5) is 9.59 Å². The maximum Gasteiger partial charge on any atom is 0.543 e. The monoisotopic (exact) mass is 658 g/mol. The van der Waals surface area contributed by atoms with E-state index in [0.29, 0.717) is 12.8 Å². The molecular formula is C36H34O12. The third-order valence-electron chi connectivity index (χ3n) is 6.86. The van der Waals surface area contributed by atoms with Crippen molar-refractivity contribution in [1.29, 1.82) is 0 Å². The Morgan fingerprint density at radius 2 is 0.708 bits per heavy atom. The highest BCUT2D eigenvalue weighted by atomic mass is 17.5. The lowest BCUT2D eigenvalue weighted by atomic mass is 10.0. The van der Waals surface area contributed by atoms with Crippen molar-refractivity contribution in [3.8, 4) is 22.3 Å². The van der Waals surface area contributed by atoms with Crippen LogP contribution >= 0.6 is 0 Å². The molecule has 0 aliphatic rings. The summed E-state index contributed by atoms with van der Waals surface area (Å²) in [6, 6.07) is 32.6. The molecule has 4 rings (SSSR count). The van der Waals surface area contributed by atoms with Gasteiger partial charge in [0.1, 0.15) is 0 Å². The summed E-state index contributed by atoms with van der Waals surface area (Å²) in [5, 5.41) is 8.49. The molecule has 0 saturated heterocycles. The van der Waals surface area contributed by atoms with Crippen LogP contribution in [-0.2, 0) is 39.1 Å². The molecule has 0 atom stereocenters. The lowest BCUT2D eigenvalue weighted by molar-refractivity contribution is -0.452. The van der Waals surface area contributed by atoms with Gasteiger partial charge in [-0.3, -0.25) is 9.78 Å². The number of unbranched alkanes of at least 4 members (excludes halogenated alkanes) is 5. The first-order valence-corrected chi connectivity index (χ1v) is 15.2. The van der Waals surface area contributed by atoms with Gasteiger partial charge in [0.05, 0.1) is 34.4 Å². The minimum absolute atomic E-state index is 0.0929. The largest absolute Gasteiger partial charge is 0.543 e. The third-order valence-corrected chi connectivity index (χ3v) is 6.86. The number of hydrogen-bond donors (Lipinski definition) is 0. The van der Waals surface area contributed by atoms with E-state index in [2.05, 4.69) is 29.6 Å². The summed E-state index contributed by atoms with van der Waals surface area (Å²) < 4.78 is 9.73. The minimum atomic E-state index is -1.14. The molecule has 0 aliphatic heterocycles. The Kier molecular flexibility index (Phi) is 14.4. The average molecular weight is 659 g/mol. The van der Waals surface area contributed by atoms with Gasteiger partial charge in [-0.15, -0.1) is 0 Å². The average Bonchev–Trinajstić information content (AvgIpc) is 3.13. The molecule has 4 aromatic rings. The number of carbonyl (C=O) groups is 4. The lowest BCUT2D eigenvalue weighted by Gasteiger charge is -2.06. The summed E-state index contributed by atoms with van der Waals surface area (Å²) in [6.45, 7) is 0.186. The first kappa shape index (κ1) is 35.1. The van der Waals surface area contributed by atoms with Crippen LogP contribution in [-0.4, -0.2) is 37.5 Å². The molecule has 0 unspecified atom stereocenters. The predicted molar refractivity (Wildman–Crippen MR) is 169 cm³/mol. The lowest BCUT2D eigenvalue weighted by Crippen LogP contribution is -2.12. The molecule has 250 valence electrons. The standard InChI is InChI=1S/C36H34O12/c37-33(31-21-17-29(18-22-31)27-13-7-5-8-14-27)43-47-45-35(39)41-25-11-3-1-2-4-12-26-42-36(40)46-48-44-34(38)32-23-19-30(20-24-32)28-15-9-6-10-16-28/h5-10,13-24H,1-4,11-12,25-26H2. The van der Waals surface area contributed by atoms with Crippen molar-refractivity contribution in [3.63, 3.8) is 0 Å². The summed E-state index contributed by atoms with van der Waals surface area (Å²) in [4.78, 5) is 64.9. The molecule has 12 heteroatoms. The van der Waals surface area contributed by atoms with Gasteiger partial charge < -0.3 is 9.47 Å². The molecule has 48 heavy (non-hydrogen) atoms. The summed E-state index contributed by atoms with van der Waals surface area (Å²) in [5.74, 6) is -1.67. The fraction of sp³-hybridized carbons (Fsp3) is 0.222. The highest BCUT2D eigenvalue weighted by Crippen LogP contribution is 2.21. The van der Waals surface area contributed by atoms with Gasteiger partial charge in [-0.2, -0.15) is 0 Å². The van der Waals surface area contributed by atoms with Crippen molar-refractivity contribution in [2.45, 2.75) is 38.5 Å². The normalized spacial score (nSPS) is 10.4. The third kappa shape index (κ3) is 12.2. The first-order chi connectivity index (χ1) is 23.5. The Hall–Kier alpha value is -5.72. The predicted octanol–water partition coefficient (Wildman–Crippen LogP) is 8.37. The van der Waals surface area contributed by atoms with Crippen molar-refractivity contribution in [1.82, 2.24) is 0 Å². The molecule has 0 saturated carbocycles. The zero-order chi connectivity index (χ0) is 33.8. The molecule has 0 N–H and O–H groups in total. The SMILES string of the molecule is O=C(OCCCCCCCCOC(=O)OOOC(=O)c1ccc(-c2ccccc2)cc1)OOOC(=O)c1ccc(-c2ccccc2)cc1. The molecule has 0 fully saturated rings. The van der Waals surface area contributed by atoms with Gasteiger partial charge in [0, 0.05) is 0 Å². The fourth-order valence-electron chi connectivity index (χ4n) is 4.38. The fourth-order valence-corrected chi connectivity index (χ4v) is 4.38. The van der Waals surface area contributed by atoms with E-state index in [9.17, 15) is 19.2 Å². The van der Waals surface area contributed by atoms with E-state index in [0.717, 1.165) is 47.9 Å². The molecule has 0 spiro atoms. The summed E-state index contributed by atoms with van der Waals surface area (Å²) >= 11 is 0. The highest BCUT2D eigenvalue weighted by molar-refractivity contribution is 5.90. The number of ether oxygens (including phenoxy) is 2. The van der Waals surface area contributed by atoms with Crippen molar-refractivity contribution in [2.75, 3.05) is 13.2 Å². The van der Waals surface area contributed by atoms with Gasteiger partial charge in [-0.25, -0.2) is 29.0 Å². The number of hydrogen-bond acceptors (Lipinski definition) is 12. The Labute approximate surface area is 276 Å². The van der Waals surface area contributed by atoms with Crippen molar-refractivity contribution < 1.29 is 58.3 Å². The zero-order valence-electron chi connectivity index (χ0n) is 25.9. The molecule has 4 aromatic carbocycles. The quantitative estimate of drug-likeness (QED) is 0.0465. The summed E-state index contributed by atoms with van der Waals surface area (Å²) in [5.41, 5.74) is 4.28. The molecule has 0 radical (unpaired) electrons. The van der Waals surface area contributed by atoms with Crippen LogP contribution in [0.2, 0.25) is 0 Å². The van der Waals surface area contributed by atoms with Crippen LogP contribution in [0.15, 0.2) is 109 Å². The number of carbonyl (C=O) groups excluding carboxylic acids is 4. The first-order valence-electron chi connectivity index (χ1n) is 15.2. The molecule has 12 nitrogen and oxygen atoms in total. The van der Waals surface area contributed by atoms with Crippen LogP contribution in [0, 0.1) is 0 Å². The van der Waals surface area contributed by atoms with E-state index >= 15 is 0 Å². The van der Waals surface area contributed by atoms with Gasteiger partial charge >= 0.3 is 24.2 Å². The zero-order valence-corrected chi connectivity index (χ0v) is 25.9. The van der Waals surface area contributed by atoms with E-state index < -0.39 is 24.2 Å². The Morgan fingerprint density at radius 3 is 1.08 bits per heavy atom. The van der Waals surface area contributed by atoms with Crippen molar-refractivity contribution in [3.05, 3.63) is 120 Å². The van der Waals surface area contributed by atoms with Crippen LogP contribution in [0.5, 0.6) is 0 Å². The van der Waals surface area contributed by atoms with E-state index in [4.69, 9.17) is 9.47 Å². The number of rotatable bonds is 17. The van der Waals surface area contributed by atoms with Crippen LogP contribution in [0.3, 0.4) is 0 Å². The van der Waals surface area contributed by atoms with E-state index in [-0.39, 0.29) is 24.3 Å². The number of benzene rings is 4. The molecule has 0 aliphatic carbocycles. The molecule has 0 aromatic heterocycles. The van der Waals surface area contributed by atoms with Crippen LogP contribution < -0.4 is 0 Å². The smallest absolute Gasteiger partial charge is 0.432 e. The minimum Gasteiger partial charge on any atom is -0.432 e. The maximum absolute atomic E-state index is 12.1. The van der Waals surface area contributed by atoms with Gasteiger partial charge in [0.15, 0.2) is 0 Å². The second kappa shape index (κ2) is 19.7. The molecule has 0 amide bonds. The Morgan fingerprint density at radius 1 is 0.375 bits per heavy atom. The highest BCUT2D eigenvalue weighted by Gasteiger charge is 2.14. The van der Waals surface area contributed by atoms with E-state index in [1.165, 1.54) is 0 Å². The van der Waals surface area contributed by atoms with E-state index in [1.807, 2.05) is 60.7 Å². The maximum atomic E-state index is 12.1. The summed E-state index contributed by atoms with van der Waals surface area (Å²) in [7, 11) is 0. The summed E-state index contributed by atoms with van der Waals surface area (Å²) in [6.07, 6.45) is 2.15. The molecule has 0 heterocycles. The second-order valence-electron chi connectivity index (χ2n) is 10.2. The topological polar surface area (TPSA) is 142 Å². The molecular weight excluding hydrogens is 624 g/mol. The van der Waals surface area contributed by atoms with Crippen LogP contribution in [0.1, 0.15) is 59.2 Å². The van der Waals surface area contributed by atoms with E-state index in [1.54, 1.807) is 48.5 Å². The van der Waals surface area contributed by atoms with Gasteiger partial charge in [0.25, 0.3) is 0 Å². The Bertz CT molecular complexity index is 1450. The van der Waals surface area contributed by atoms with Crippen molar-refractivity contribution in [2.24, 2.45) is 0 Å². The van der Waals surface area contributed by atoms with Crippen molar-refractivity contribution >= 4 is 24.2 Å². The Balaban J connectivity index is 0.936. The second-order valence-corrected chi connectivity index (χ2v) is 10.2. The van der Waals surface area contributed by atoms with Gasteiger partial charge in [0.2, 0.25) is 0 Å². The van der Waals surface area contributed by atoms with Gasteiger partial charge in [-0.1, -0.05) is 111 Å².